The molecule has 0 aliphatic heterocycles. The van der Waals surface area contributed by atoms with E-state index in [9.17, 15) is 18.0 Å². The van der Waals surface area contributed by atoms with E-state index in [0.29, 0.717) is 16.0 Å². The van der Waals surface area contributed by atoms with Crippen LogP contribution in [0.2, 0.25) is 0 Å². The summed E-state index contributed by atoms with van der Waals surface area (Å²) in [5.41, 5.74) is 0.0534. The highest BCUT2D eigenvalue weighted by molar-refractivity contribution is 7.13. The van der Waals surface area contributed by atoms with Gasteiger partial charge in [-0.15, -0.1) is 11.3 Å². The van der Waals surface area contributed by atoms with Gasteiger partial charge in [-0.25, -0.2) is 15.0 Å². The second-order valence-corrected chi connectivity index (χ2v) is 6.70. The van der Waals surface area contributed by atoms with Gasteiger partial charge in [0.05, 0.1) is 16.6 Å². The van der Waals surface area contributed by atoms with Crippen LogP contribution in [0, 0.1) is 0 Å². The highest BCUT2D eigenvalue weighted by Crippen LogP contribution is 2.31. The van der Waals surface area contributed by atoms with E-state index in [-0.39, 0.29) is 17.0 Å². The van der Waals surface area contributed by atoms with E-state index in [2.05, 4.69) is 20.3 Å². The average Bonchev–Trinajstić information content (AvgIpc) is 3.19. The number of amides is 1. The van der Waals surface area contributed by atoms with Gasteiger partial charge in [-0.2, -0.15) is 13.2 Å². The van der Waals surface area contributed by atoms with Crippen molar-refractivity contribution in [1.29, 1.82) is 0 Å². The van der Waals surface area contributed by atoms with Crippen LogP contribution in [0.5, 0.6) is 0 Å². The van der Waals surface area contributed by atoms with Crippen molar-refractivity contribution >= 4 is 33.3 Å². The first-order valence-electron chi connectivity index (χ1n) is 8.06. The monoisotopic (exact) mass is 400 g/mol. The number of rotatable bonds is 3. The SMILES string of the molecule is O=C(Nc1nccs1)c1cccc2cnc(-c3cccc(C(F)(F)F)c3)nc12. The minimum atomic E-state index is -4.47. The number of benzene rings is 2. The van der Waals surface area contributed by atoms with Crippen LogP contribution in [0.1, 0.15) is 15.9 Å². The van der Waals surface area contributed by atoms with Gasteiger partial charge in [-0.1, -0.05) is 24.3 Å². The number of halogens is 3. The standard InChI is InChI=1S/C19H11F3N4OS/c20-19(21,22)13-5-1-3-11(9-13)16-24-10-12-4-2-6-14(15(12)25-16)17(27)26-18-23-7-8-28-18/h1-10H,(H,23,26,27). The van der Waals surface area contributed by atoms with Gasteiger partial charge in [0.25, 0.3) is 5.91 Å². The molecule has 0 fully saturated rings. The van der Waals surface area contributed by atoms with E-state index in [4.69, 9.17) is 0 Å². The number of carbonyl (C=O) groups is 1. The molecule has 0 aliphatic rings. The fourth-order valence-electron chi connectivity index (χ4n) is 2.66. The van der Waals surface area contributed by atoms with Gasteiger partial charge >= 0.3 is 6.18 Å². The summed E-state index contributed by atoms with van der Waals surface area (Å²) in [5, 5.41) is 5.45. The minimum absolute atomic E-state index is 0.105. The molecular formula is C19H11F3N4OS. The summed E-state index contributed by atoms with van der Waals surface area (Å²) in [6, 6.07) is 9.77. The summed E-state index contributed by atoms with van der Waals surface area (Å²) >= 11 is 1.27. The van der Waals surface area contributed by atoms with E-state index in [1.807, 2.05) is 0 Å². The number of nitrogens with zero attached hydrogens (tertiary/aromatic N) is 3. The molecule has 28 heavy (non-hydrogen) atoms. The zero-order valence-electron chi connectivity index (χ0n) is 14.1. The molecule has 2 heterocycles. The summed E-state index contributed by atoms with van der Waals surface area (Å²) in [5.74, 6) is -0.303. The molecular weight excluding hydrogens is 389 g/mol. The first-order chi connectivity index (χ1) is 13.4. The molecule has 9 heteroatoms. The predicted molar refractivity (Wildman–Crippen MR) is 100 cm³/mol. The number of fused-ring (bicyclic) bond motifs is 1. The fraction of sp³-hybridized carbons (Fsp3) is 0.0526. The number of aromatic nitrogens is 3. The van der Waals surface area contributed by atoms with Crippen LogP contribution in [-0.2, 0) is 6.18 Å². The quantitative estimate of drug-likeness (QED) is 0.524. The number of carbonyl (C=O) groups excluding carboxylic acids is 1. The number of hydrogen-bond donors (Lipinski definition) is 1. The normalized spacial score (nSPS) is 11.5. The topological polar surface area (TPSA) is 67.8 Å². The third-order valence-corrected chi connectivity index (χ3v) is 4.64. The van der Waals surface area contributed by atoms with Crippen molar-refractivity contribution in [2.45, 2.75) is 6.18 Å². The molecule has 0 saturated heterocycles. The molecule has 0 aliphatic carbocycles. The summed E-state index contributed by atoms with van der Waals surface area (Å²) in [6.45, 7) is 0. The fourth-order valence-corrected chi connectivity index (χ4v) is 3.19. The lowest BCUT2D eigenvalue weighted by Gasteiger charge is -2.09. The number of thiazole rings is 1. The lowest BCUT2D eigenvalue weighted by molar-refractivity contribution is -0.137. The van der Waals surface area contributed by atoms with E-state index in [0.717, 1.165) is 12.1 Å². The van der Waals surface area contributed by atoms with Crippen LogP contribution in [-0.4, -0.2) is 20.9 Å². The molecule has 0 spiro atoms. The Kier molecular flexibility index (Phi) is 4.52. The number of hydrogen-bond acceptors (Lipinski definition) is 5. The highest BCUT2D eigenvalue weighted by Gasteiger charge is 2.30. The minimum Gasteiger partial charge on any atom is -0.298 e. The molecule has 1 amide bonds. The third kappa shape index (κ3) is 3.56. The lowest BCUT2D eigenvalue weighted by atomic mass is 10.1. The van der Waals surface area contributed by atoms with Crippen LogP contribution >= 0.6 is 11.3 Å². The van der Waals surface area contributed by atoms with Crippen molar-refractivity contribution < 1.29 is 18.0 Å². The molecule has 4 aromatic rings. The molecule has 0 bridgehead atoms. The summed E-state index contributed by atoms with van der Waals surface area (Å²) in [4.78, 5) is 25.1. The van der Waals surface area contributed by atoms with Crippen molar-refractivity contribution in [3.8, 4) is 11.4 Å². The number of anilines is 1. The maximum Gasteiger partial charge on any atom is 0.416 e. The summed E-state index contributed by atoms with van der Waals surface area (Å²) in [6.07, 6.45) is -1.42. The van der Waals surface area contributed by atoms with Crippen molar-refractivity contribution in [1.82, 2.24) is 15.0 Å². The lowest BCUT2D eigenvalue weighted by Crippen LogP contribution is -2.12. The Morgan fingerprint density at radius 3 is 2.64 bits per heavy atom. The van der Waals surface area contributed by atoms with Gasteiger partial charge < -0.3 is 0 Å². The Morgan fingerprint density at radius 2 is 1.89 bits per heavy atom. The van der Waals surface area contributed by atoms with Gasteiger partial charge in [-0.3, -0.25) is 10.1 Å². The Morgan fingerprint density at radius 1 is 1.07 bits per heavy atom. The number of nitrogens with one attached hydrogen (secondary N) is 1. The predicted octanol–water partition coefficient (Wildman–Crippen LogP) is 5.02. The summed E-state index contributed by atoms with van der Waals surface area (Å²) < 4.78 is 39.0. The van der Waals surface area contributed by atoms with Gasteiger partial charge in [0.15, 0.2) is 11.0 Å². The average molecular weight is 400 g/mol. The molecule has 2 aromatic carbocycles. The molecule has 0 radical (unpaired) electrons. The second-order valence-electron chi connectivity index (χ2n) is 5.81. The van der Waals surface area contributed by atoms with Crippen molar-refractivity contribution in [3.05, 3.63) is 71.4 Å². The van der Waals surface area contributed by atoms with Crippen LogP contribution in [0.3, 0.4) is 0 Å². The number of para-hydroxylation sites is 1. The smallest absolute Gasteiger partial charge is 0.298 e. The number of alkyl halides is 3. The summed E-state index contributed by atoms with van der Waals surface area (Å²) in [7, 11) is 0. The van der Waals surface area contributed by atoms with Crippen molar-refractivity contribution in [2.24, 2.45) is 0 Å². The van der Waals surface area contributed by atoms with Crippen molar-refractivity contribution in [2.75, 3.05) is 5.32 Å². The Labute approximate surface area is 160 Å². The first kappa shape index (κ1) is 18.1. The zero-order chi connectivity index (χ0) is 19.7. The van der Waals surface area contributed by atoms with Crippen LogP contribution < -0.4 is 5.32 Å². The largest absolute Gasteiger partial charge is 0.416 e. The van der Waals surface area contributed by atoms with E-state index in [1.165, 1.54) is 29.7 Å². The van der Waals surface area contributed by atoms with Crippen LogP contribution in [0.15, 0.2) is 60.2 Å². The van der Waals surface area contributed by atoms with Crippen LogP contribution in [0.4, 0.5) is 18.3 Å². The molecule has 1 N–H and O–H groups in total. The van der Waals surface area contributed by atoms with E-state index >= 15 is 0 Å². The molecule has 140 valence electrons. The van der Waals surface area contributed by atoms with Gasteiger partial charge in [0.1, 0.15) is 0 Å². The highest BCUT2D eigenvalue weighted by atomic mass is 32.1. The Bertz CT molecular complexity index is 1160. The molecule has 0 atom stereocenters. The van der Waals surface area contributed by atoms with Gasteiger partial charge in [0, 0.05) is 28.7 Å². The molecule has 2 aromatic heterocycles. The van der Waals surface area contributed by atoms with E-state index in [1.54, 1.807) is 29.8 Å². The Balaban J connectivity index is 1.77. The molecule has 5 nitrogen and oxygen atoms in total. The third-order valence-electron chi connectivity index (χ3n) is 3.96. The molecule has 0 saturated carbocycles. The Hall–Kier alpha value is -3.33. The van der Waals surface area contributed by atoms with Crippen molar-refractivity contribution in [3.63, 3.8) is 0 Å². The molecule has 4 rings (SSSR count). The maximum absolute atomic E-state index is 13.0. The second kappa shape index (κ2) is 7.01. The van der Waals surface area contributed by atoms with Gasteiger partial charge in [0.2, 0.25) is 0 Å². The van der Waals surface area contributed by atoms with Crippen LogP contribution in [0.25, 0.3) is 22.3 Å². The first-order valence-corrected chi connectivity index (χ1v) is 8.94. The molecule has 0 unspecified atom stereocenters. The zero-order valence-corrected chi connectivity index (χ0v) is 14.9. The van der Waals surface area contributed by atoms with E-state index < -0.39 is 17.6 Å². The van der Waals surface area contributed by atoms with Gasteiger partial charge in [-0.05, 0) is 18.2 Å². The maximum atomic E-state index is 13.0.